The summed E-state index contributed by atoms with van der Waals surface area (Å²) in [4.78, 5) is 23.6. The lowest BCUT2D eigenvalue weighted by molar-refractivity contribution is -0.137. The first-order valence-corrected chi connectivity index (χ1v) is 5.43. The van der Waals surface area contributed by atoms with Crippen LogP contribution in [0.1, 0.15) is 16.2 Å². The van der Waals surface area contributed by atoms with Crippen LogP contribution < -0.4 is 16.4 Å². The summed E-state index contributed by atoms with van der Waals surface area (Å²) in [6.45, 7) is 0.0862. The number of hydrogen-bond acceptors (Lipinski definition) is 6. The first-order chi connectivity index (χ1) is 9.15. The minimum absolute atomic E-state index is 0.0579. The summed E-state index contributed by atoms with van der Waals surface area (Å²) in [5, 5.41) is 8.48. The van der Waals surface area contributed by atoms with Crippen molar-refractivity contribution in [3.8, 4) is 17.0 Å². The third-order valence-electron chi connectivity index (χ3n) is 2.53. The number of carbonyl (C=O) groups is 1. The zero-order valence-corrected chi connectivity index (χ0v) is 9.91. The van der Waals surface area contributed by atoms with Crippen LogP contribution in [0.2, 0.25) is 0 Å². The predicted molar refractivity (Wildman–Crippen MR) is 67.1 cm³/mol. The maximum Gasteiger partial charge on any atom is 0.269 e. The van der Waals surface area contributed by atoms with Crippen LogP contribution in [-0.4, -0.2) is 21.1 Å². The Bertz CT molecular complexity index is 598. The van der Waals surface area contributed by atoms with Crippen LogP contribution in [0.25, 0.3) is 11.3 Å². The lowest BCUT2D eigenvalue weighted by atomic mass is 10.1. The summed E-state index contributed by atoms with van der Waals surface area (Å²) in [7, 11) is 0. The van der Waals surface area contributed by atoms with Gasteiger partial charge in [0.1, 0.15) is 0 Å². The highest BCUT2D eigenvalue weighted by Gasteiger charge is 2.12. The summed E-state index contributed by atoms with van der Waals surface area (Å²) < 4.78 is 0. The van der Waals surface area contributed by atoms with Gasteiger partial charge in [0.05, 0.1) is 17.6 Å². The SMILES string of the molecule is NCc1ncc(-c2ccc(OO)cc2)nc1C(N)=O. The lowest BCUT2D eigenvalue weighted by Crippen LogP contribution is -2.19. The van der Waals surface area contributed by atoms with E-state index in [1.54, 1.807) is 24.3 Å². The second-order valence-electron chi connectivity index (χ2n) is 3.73. The Kier molecular flexibility index (Phi) is 3.69. The third kappa shape index (κ3) is 2.67. The molecule has 5 N–H and O–H groups in total. The van der Waals surface area contributed by atoms with Crippen molar-refractivity contribution < 1.29 is 14.9 Å². The minimum Gasteiger partial charge on any atom is -0.364 e. The van der Waals surface area contributed by atoms with Gasteiger partial charge in [0.2, 0.25) is 0 Å². The Hall–Kier alpha value is -2.51. The number of aromatic nitrogens is 2. The van der Waals surface area contributed by atoms with Crippen molar-refractivity contribution >= 4 is 5.91 Å². The van der Waals surface area contributed by atoms with Crippen LogP contribution in [-0.2, 0) is 6.54 Å². The molecule has 2 rings (SSSR count). The average Bonchev–Trinajstić information content (AvgIpc) is 2.46. The molecule has 19 heavy (non-hydrogen) atoms. The topological polar surface area (TPSA) is 124 Å². The fraction of sp³-hybridized carbons (Fsp3) is 0.0833. The maximum absolute atomic E-state index is 11.3. The number of nitrogens with zero attached hydrogens (tertiary/aromatic N) is 2. The van der Waals surface area contributed by atoms with Gasteiger partial charge < -0.3 is 16.4 Å². The zero-order chi connectivity index (χ0) is 13.8. The van der Waals surface area contributed by atoms with Gasteiger partial charge in [-0.1, -0.05) is 0 Å². The van der Waals surface area contributed by atoms with Gasteiger partial charge in [0.15, 0.2) is 11.4 Å². The van der Waals surface area contributed by atoms with Gasteiger partial charge in [-0.2, -0.15) is 0 Å². The van der Waals surface area contributed by atoms with Crippen molar-refractivity contribution in [2.45, 2.75) is 6.54 Å². The fourth-order valence-corrected chi connectivity index (χ4v) is 1.59. The van der Waals surface area contributed by atoms with E-state index >= 15 is 0 Å². The van der Waals surface area contributed by atoms with Crippen LogP contribution >= 0.6 is 0 Å². The van der Waals surface area contributed by atoms with Gasteiger partial charge in [-0.05, 0) is 24.3 Å². The van der Waals surface area contributed by atoms with Gasteiger partial charge in [-0.25, -0.2) is 10.2 Å². The van der Waals surface area contributed by atoms with E-state index in [0.717, 1.165) is 0 Å². The molecule has 0 saturated carbocycles. The van der Waals surface area contributed by atoms with Gasteiger partial charge in [-0.15, -0.1) is 0 Å². The van der Waals surface area contributed by atoms with Crippen molar-refractivity contribution in [3.63, 3.8) is 0 Å². The molecule has 0 aliphatic carbocycles. The highest BCUT2D eigenvalue weighted by molar-refractivity contribution is 5.92. The Labute approximate surface area is 108 Å². The molecule has 0 spiro atoms. The number of carbonyl (C=O) groups excluding carboxylic acids is 1. The van der Waals surface area contributed by atoms with E-state index < -0.39 is 5.91 Å². The molecular formula is C12H12N4O3. The number of rotatable bonds is 4. The molecule has 1 aromatic carbocycles. The van der Waals surface area contributed by atoms with E-state index in [4.69, 9.17) is 16.7 Å². The van der Waals surface area contributed by atoms with Gasteiger partial charge >= 0.3 is 0 Å². The average molecular weight is 260 g/mol. The largest absolute Gasteiger partial charge is 0.364 e. The number of nitrogens with two attached hydrogens (primary N) is 2. The monoisotopic (exact) mass is 260 g/mol. The molecule has 0 unspecified atom stereocenters. The van der Waals surface area contributed by atoms with E-state index in [0.29, 0.717) is 22.7 Å². The first-order valence-electron chi connectivity index (χ1n) is 5.43. The van der Waals surface area contributed by atoms with E-state index in [1.165, 1.54) is 6.20 Å². The molecule has 7 nitrogen and oxygen atoms in total. The van der Waals surface area contributed by atoms with Crippen molar-refractivity contribution in [1.82, 2.24) is 9.97 Å². The zero-order valence-electron chi connectivity index (χ0n) is 9.91. The van der Waals surface area contributed by atoms with Gasteiger partial charge in [-0.3, -0.25) is 9.78 Å². The Morgan fingerprint density at radius 2 is 2.00 bits per heavy atom. The minimum atomic E-state index is -0.676. The van der Waals surface area contributed by atoms with Crippen molar-refractivity contribution in [2.75, 3.05) is 0 Å². The molecule has 0 aliphatic heterocycles. The quantitative estimate of drug-likeness (QED) is 0.544. The molecule has 1 amide bonds. The van der Waals surface area contributed by atoms with E-state index in [2.05, 4.69) is 14.9 Å². The van der Waals surface area contributed by atoms with E-state index in [1.807, 2.05) is 0 Å². The summed E-state index contributed by atoms with van der Waals surface area (Å²) in [5.74, 6) is -0.379. The molecule has 2 aromatic rings. The highest BCUT2D eigenvalue weighted by atomic mass is 17.1. The number of benzene rings is 1. The lowest BCUT2D eigenvalue weighted by Gasteiger charge is -2.06. The standard InChI is InChI=1S/C12H12N4O3/c13-5-9-11(12(14)17)16-10(6-15-9)7-1-3-8(19-18)4-2-7/h1-4,6,18H,5,13H2,(H2,14,17). The maximum atomic E-state index is 11.3. The van der Waals surface area contributed by atoms with Crippen LogP contribution in [0, 0.1) is 0 Å². The molecule has 0 radical (unpaired) electrons. The summed E-state index contributed by atoms with van der Waals surface area (Å²) in [6.07, 6.45) is 1.50. The Morgan fingerprint density at radius 1 is 1.32 bits per heavy atom. The molecule has 98 valence electrons. The Morgan fingerprint density at radius 3 is 2.53 bits per heavy atom. The fourth-order valence-electron chi connectivity index (χ4n) is 1.59. The van der Waals surface area contributed by atoms with Crippen molar-refractivity contribution in [3.05, 3.63) is 41.9 Å². The molecular weight excluding hydrogens is 248 g/mol. The molecule has 0 fully saturated rings. The molecule has 0 bridgehead atoms. The van der Waals surface area contributed by atoms with Crippen molar-refractivity contribution in [1.29, 1.82) is 0 Å². The van der Waals surface area contributed by atoms with Gasteiger partial charge in [0, 0.05) is 12.1 Å². The molecule has 0 aliphatic rings. The van der Waals surface area contributed by atoms with Crippen LogP contribution in [0.4, 0.5) is 0 Å². The summed E-state index contributed by atoms with van der Waals surface area (Å²) >= 11 is 0. The molecule has 0 saturated heterocycles. The smallest absolute Gasteiger partial charge is 0.269 e. The molecule has 1 heterocycles. The number of hydrogen-bond donors (Lipinski definition) is 3. The van der Waals surface area contributed by atoms with E-state index in [9.17, 15) is 4.79 Å². The molecule has 0 atom stereocenters. The number of amides is 1. The Balaban J connectivity index is 2.44. The summed E-state index contributed by atoms with van der Waals surface area (Å²) in [6, 6.07) is 6.44. The van der Waals surface area contributed by atoms with Crippen LogP contribution in [0.5, 0.6) is 5.75 Å². The van der Waals surface area contributed by atoms with Crippen LogP contribution in [0.3, 0.4) is 0 Å². The second kappa shape index (κ2) is 5.42. The summed E-state index contributed by atoms with van der Waals surface area (Å²) in [5.41, 5.74) is 12.3. The highest BCUT2D eigenvalue weighted by Crippen LogP contribution is 2.20. The number of primary amides is 1. The molecule has 7 heteroatoms. The first kappa shape index (κ1) is 12.9. The molecule has 1 aromatic heterocycles. The van der Waals surface area contributed by atoms with Crippen LogP contribution in [0.15, 0.2) is 30.5 Å². The second-order valence-corrected chi connectivity index (χ2v) is 3.73. The third-order valence-corrected chi connectivity index (χ3v) is 2.53. The van der Waals surface area contributed by atoms with Crippen molar-refractivity contribution in [2.24, 2.45) is 11.5 Å². The van der Waals surface area contributed by atoms with Gasteiger partial charge in [0.25, 0.3) is 5.91 Å². The van der Waals surface area contributed by atoms with E-state index in [-0.39, 0.29) is 12.2 Å². The normalized spacial score (nSPS) is 10.2. The predicted octanol–water partition coefficient (Wildman–Crippen LogP) is 0.553.